The Morgan fingerprint density at radius 2 is 1.67 bits per heavy atom. The summed E-state index contributed by atoms with van der Waals surface area (Å²) in [5.41, 5.74) is 10.9. The zero-order valence-electron chi connectivity index (χ0n) is 12.4. The molecular formula is C14H22N2O5. The molecule has 0 spiro atoms. The Kier molecular flexibility index (Phi) is 12.6. The maximum atomic E-state index is 10.1. The Morgan fingerprint density at radius 1 is 1.24 bits per heavy atom. The topological polar surface area (TPSA) is 133 Å². The van der Waals surface area contributed by atoms with Crippen LogP contribution >= 0.6 is 0 Å². The minimum Gasteiger partial charge on any atom is -0.481 e. The van der Waals surface area contributed by atoms with E-state index in [1.165, 1.54) is 19.6 Å². The molecule has 1 aromatic rings. The molecule has 0 radical (unpaired) electrons. The van der Waals surface area contributed by atoms with Crippen molar-refractivity contribution in [3.05, 3.63) is 35.9 Å². The van der Waals surface area contributed by atoms with Crippen LogP contribution in [0.15, 0.2) is 30.3 Å². The molecule has 0 heterocycles. The number of esters is 1. The first-order valence-electron chi connectivity index (χ1n) is 6.03. The van der Waals surface area contributed by atoms with Gasteiger partial charge in [0.1, 0.15) is 0 Å². The van der Waals surface area contributed by atoms with Crippen molar-refractivity contribution in [2.24, 2.45) is 11.5 Å². The van der Waals surface area contributed by atoms with Crippen LogP contribution < -0.4 is 11.5 Å². The third-order valence-electron chi connectivity index (χ3n) is 1.99. The zero-order chi connectivity index (χ0) is 16.8. The number of amides is 1. The van der Waals surface area contributed by atoms with Crippen LogP contribution in [0.4, 0.5) is 0 Å². The number of aliphatic carboxylic acids is 1. The molecular weight excluding hydrogens is 276 g/mol. The van der Waals surface area contributed by atoms with Crippen LogP contribution in [0.3, 0.4) is 0 Å². The van der Waals surface area contributed by atoms with Crippen molar-refractivity contribution >= 4 is 17.8 Å². The van der Waals surface area contributed by atoms with E-state index in [0.29, 0.717) is 0 Å². The number of rotatable bonds is 3. The molecule has 0 aliphatic rings. The van der Waals surface area contributed by atoms with Crippen LogP contribution in [0.2, 0.25) is 0 Å². The van der Waals surface area contributed by atoms with Crippen molar-refractivity contribution in [1.29, 1.82) is 0 Å². The summed E-state index contributed by atoms with van der Waals surface area (Å²) in [5, 5.41) is 8.04. The third-order valence-corrected chi connectivity index (χ3v) is 1.99. The average molecular weight is 298 g/mol. The summed E-state index contributed by atoms with van der Waals surface area (Å²) in [6.45, 7) is 3.44. The predicted octanol–water partition coefficient (Wildman–Crippen LogP) is 0.448. The molecule has 7 heteroatoms. The summed E-state index contributed by atoms with van der Waals surface area (Å²) in [7, 11) is 1.35. The molecule has 1 atom stereocenters. The first kappa shape index (κ1) is 20.9. The lowest BCUT2D eigenvalue weighted by atomic mass is 10.2. The first-order valence-corrected chi connectivity index (χ1v) is 6.03. The minimum absolute atomic E-state index is 0.245. The van der Waals surface area contributed by atoms with Crippen molar-refractivity contribution < 1.29 is 24.2 Å². The van der Waals surface area contributed by atoms with E-state index in [2.05, 4.69) is 29.5 Å². The number of methoxy groups -OCH3 is 1. The zero-order valence-corrected chi connectivity index (χ0v) is 12.4. The van der Waals surface area contributed by atoms with Gasteiger partial charge in [-0.2, -0.15) is 0 Å². The quantitative estimate of drug-likeness (QED) is 0.694. The lowest BCUT2D eigenvalue weighted by Gasteiger charge is -2.00. The lowest BCUT2D eigenvalue weighted by molar-refractivity contribution is -0.139. The predicted molar refractivity (Wildman–Crippen MR) is 78.3 cm³/mol. The van der Waals surface area contributed by atoms with E-state index >= 15 is 0 Å². The second-order valence-corrected chi connectivity index (χ2v) is 3.96. The van der Waals surface area contributed by atoms with E-state index in [1.54, 1.807) is 0 Å². The molecule has 0 fully saturated rings. The molecule has 0 aromatic heterocycles. The highest BCUT2D eigenvalue weighted by Crippen LogP contribution is 1.92. The fourth-order valence-corrected chi connectivity index (χ4v) is 0.823. The largest absolute Gasteiger partial charge is 0.481 e. The Labute approximate surface area is 123 Å². The van der Waals surface area contributed by atoms with Gasteiger partial charge in [-0.25, -0.2) is 0 Å². The second-order valence-electron chi connectivity index (χ2n) is 3.96. The Morgan fingerprint density at radius 3 is 1.81 bits per heavy atom. The number of hydrogen-bond acceptors (Lipinski definition) is 5. The van der Waals surface area contributed by atoms with E-state index in [0.717, 1.165) is 0 Å². The fourth-order valence-electron chi connectivity index (χ4n) is 0.823. The van der Waals surface area contributed by atoms with Crippen molar-refractivity contribution in [3.63, 3.8) is 0 Å². The van der Waals surface area contributed by atoms with Gasteiger partial charge in [0, 0.05) is 6.92 Å². The number of carboxylic acid groups (broad SMARTS) is 1. The van der Waals surface area contributed by atoms with E-state index in [9.17, 15) is 14.4 Å². The molecule has 118 valence electrons. The van der Waals surface area contributed by atoms with Crippen LogP contribution in [0, 0.1) is 6.92 Å². The monoisotopic (exact) mass is 298 g/mol. The first-order chi connectivity index (χ1) is 9.70. The second kappa shape index (κ2) is 12.6. The van der Waals surface area contributed by atoms with Gasteiger partial charge in [0.15, 0.2) is 0 Å². The van der Waals surface area contributed by atoms with Crippen molar-refractivity contribution in [2.45, 2.75) is 26.3 Å². The summed E-state index contributed by atoms with van der Waals surface area (Å²) in [5.74, 6) is -2.16. The molecule has 1 rings (SSSR count). The molecule has 0 bridgehead atoms. The van der Waals surface area contributed by atoms with E-state index in [-0.39, 0.29) is 5.97 Å². The molecule has 0 saturated heterocycles. The molecule has 1 aromatic carbocycles. The van der Waals surface area contributed by atoms with Crippen molar-refractivity contribution in [2.75, 3.05) is 7.11 Å². The summed E-state index contributed by atoms with van der Waals surface area (Å²) in [4.78, 5) is 29.5. The van der Waals surface area contributed by atoms with Crippen LogP contribution in [-0.4, -0.2) is 36.1 Å². The van der Waals surface area contributed by atoms with Gasteiger partial charge in [-0.1, -0.05) is 35.9 Å². The number of primary amides is 1. The molecule has 1 amide bonds. The van der Waals surface area contributed by atoms with Crippen LogP contribution in [0.1, 0.15) is 18.9 Å². The summed E-state index contributed by atoms with van der Waals surface area (Å²) in [6.07, 6.45) is -0.407. The van der Waals surface area contributed by atoms with Crippen LogP contribution in [0.5, 0.6) is 0 Å². The summed E-state index contributed by atoms with van der Waals surface area (Å²) in [6, 6.07) is 9.19. The standard InChI is InChI=1S/C7H8.C4H8N2O3.C3H6O2/c1-7-5-3-2-4-6-7;5-2(4(6)9)1-3(7)8;1-3(4)5-2/h2-6H,1H3;2H,1,5H2,(H2,6,9)(H,7,8);1-2H3. The van der Waals surface area contributed by atoms with Gasteiger partial charge < -0.3 is 21.3 Å². The maximum Gasteiger partial charge on any atom is 0.305 e. The van der Waals surface area contributed by atoms with Crippen molar-refractivity contribution in [1.82, 2.24) is 0 Å². The number of benzene rings is 1. The molecule has 1 unspecified atom stereocenters. The highest BCUT2D eigenvalue weighted by atomic mass is 16.5. The van der Waals surface area contributed by atoms with E-state index < -0.39 is 24.3 Å². The van der Waals surface area contributed by atoms with Crippen molar-refractivity contribution in [3.8, 4) is 0 Å². The number of carboxylic acids is 1. The number of carbonyl (C=O) groups is 3. The number of aryl methyl sites for hydroxylation is 1. The lowest BCUT2D eigenvalue weighted by Crippen LogP contribution is -2.38. The fraction of sp³-hybridized carbons (Fsp3) is 0.357. The number of carbonyl (C=O) groups excluding carboxylic acids is 2. The van der Waals surface area contributed by atoms with Gasteiger partial charge in [0.25, 0.3) is 0 Å². The number of ether oxygens (including phenoxy) is 1. The average Bonchev–Trinajstić information content (AvgIpc) is 2.40. The Balaban J connectivity index is 0. The van der Waals surface area contributed by atoms with Gasteiger partial charge in [0.05, 0.1) is 19.6 Å². The summed E-state index contributed by atoms with van der Waals surface area (Å²) >= 11 is 0. The highest BCUT2D eigenvalue weighted by Gasteiger charge is 2.12. The van der Waals surface area contributed by atoms with Crippen LogP contribution in [-0.2, 0) is 19.1 Å². The van der Waals surface area contributed by atoms with E-state index in [1.807, 2.05) is 18.2 Å². The molecule has 0 aliphatic carbocycles. The van der Waals surface area contributed by atoms with Gasteiger partial charge in [-0.15, -0.1) is 0 Å². The Hall–Kier alpha value is -2.41. The highest BCUT2D eigenvalue weighted by molar-refractivity contribution is 5.84. The minimum atomic E-state index is -1.12. The van der Waals surface area contributed by atoms with Gasteiger partial charge >= 0.3 is 11.9 Å². The summed E-state index contributed by atoms with van der Waals surface area (Å²) < 4.78 is 4.11. The number of hydrogen-bond donors (Lipinski definition) is 3. The van der Waals surface area contributed by atoms with Gasteiger partial charge in [-0.05, 0) is 6.92 Å². The smallest absolute Gasteiger partial charge is 0.305 e. The van der Waals surface area contributed by atoms with Crippen LogP contribution in [0.25, 0.3) is 0 Å². The van der Waals surface area contributed by atoms with E-state index in [4.69, 9.17) is 10.8 Å². The third kappa shape index (κ3) is 17.6. The number of nitrogens with two attached hydrogens (primary N) is 2. The molecule has 7 nitrogen and oxygen atoms in total. The molecule has 0 aliphatic heterocycles. The van der Waals surface area contributed by atoms with Gasteiger partial charge in [0.2, 0.25) is 5.91 Å². The molecule has 21 heavy (non-hydrogen) atoms. The Bertz CT molecular complexity index is 434. The molecule has 5 N–H and O–H groups in total. The normalized spacial score (nSPS) is 9.90. The maximum absolute atomic E-state index is 10.1. The van der Waals surface area contributed by atoms with Gasteiger partial charge in [-0.3, -0.25) is 14.4 Å². The molecule has 0 saturated carbocycles. The SMILES string of the molecule is COC(C)=O.Cc1ccccc1.NC(=O)C(N)CC(=O)O.